The van der Waals surface area contributed by atoms with E-state index < -0.39 is 0 Å². The molecule has 0 saturated carbocycles. The smallest absolute Gasteiger partial charge is 0.126 e. The molecule has 0 fully saturated rings. The Morgan fingerprint density at radius 1 is 1.31 bits per heavy atom. The van der Waals surface area contributed by atoms with Crippen LogP contribution in [0.2, 0.25) is 0 Å². The highest BCUT2D eigenvalue weighted by molar-refractivity contribution is 9.11. The van der Waals surface area contributed by atoms with E-state index in [1.54, 1.807) is 30.4 Å². The fraction of sp³-hybridized carbons (Fsp3) is 0.167. The van der Waals surface area contributed by atoms with E-state index in [0.29, 0.717) is 5.56 Å². The van der Waals surface area contributed by atoms with E-state index in [2.05, 4.69) is 15.9 Å². The predicted molar refractivity (Wildman–Crippen MR) is 69.2 cm³/mol. The predicted octanol–water partition coefficient (Wildman–Crippen LogP) is 4.01. The van der Waals surface area contributed by atoms with Crippen LogP contribution in [-0.2, 0) is 0 Å². The van der Waals surface area contributed by atoms with Gasteiger partial charge in [-0.1, -0.05) is 12.1 Å². The maximum atomic E-state index is 13.1. The fourth-order valence-electron chi connectivity index (χ4n) is 1.54. The zero-order valence-electron chi connectivity index (χ0n) is 8.71. The molecular formula is C12H11BrFNS. The molecule has 0 aliphatic heterocycles. The maximum absolute atomic E-state index is 13.1. The molecular weight excluding hydrogens is 289 g/mol. The molecule has 84 valence electrons. The standard InChI is InChI=1S/C12H11BrFNS/c1-7-4-8(2-3-10(7)14)12(15)9-5-11(13)16-6-9/h2-6,12H,15H2,1H3. The molecule has 0 radical (unpaired) electrons. The van der Waals surface area contributed by atoms with Gasteiger partial charge in [0.2, 0.25) is 0 Å². The van der Waals surface area contributed by atoms with E-state index in [9.17, 15) is 4.39 Å². The van der Waals surface area contributed by atoms with Gasteiger partial charge in [-0.05, 0) is 57.1 Å². The van der Waals surface area contributed by atoms with Gasteiger partial charge in [0.1, 0.15) is 5.82 Å². The van der Waals surface area contributed by atoms with Gasteiger partial charge < -0.3 is 5.73 Å². The molecule has 1 heterocycles. The molecule has 2 N–H and O–H groups in total. The highest BCUT2D eigenvalue weighted by Crippen LogP contribution is 2.28. The molecule has 0 aliphatic rings. The molecule has 2 aromatic rings. The number of aryl methyl sites for hydroxylation is 1. The summed E-state index contributed by atoms with van der Waals surface area (Å²) in [6.45, 7) is 1.75. The number of halogens is 2. The third-order valence-electron chi connectivity index (χ3n) is 2.49. The molecule has 1 aromatic carbocycles. The lowest BCUT2D eigenvalue weighted by molar-refractivity contribution is 0.617. The minimum Gasteiger partial charge on any atom is -0.320 e. The van der Waals surface area contributed by atoms with Crippen molar-refractivity contribution in [1.82, 2.24) is 0 Å². The van der Waals surface area contributed by atoms with E-state index in [1.165, 1.54) is 6.07 Å². The summed E-state index contributed by atoms with van der Waals surface area (Å²) < 4.78 is 14.2. The summed E-state index contributed by atoms with van der Waals surface area (Å²) in [5.41, 5.74) is 8.72. The SMILES string of the molecule is Cc1cc(C(N)c2csc(Br)c2)ccc1F. The third-order valence-corrected chi connectivity index (χ3v) is 4.01. The second-order valence-electron chi connectivity index (χ2n) is 3.67. The summed E-state index contributed by atoms with van der Waals surface area (Å²) in [6.07, 6.45) is 0. The summed E-state index contributed by atoms with van der Waals surface area (Å²) >= 11 is 5.00. The van der Waals surface area contributed by atoms with E-state index in [1.807, 2.05) is 11.4 Å². The van der Waals surface area contributed by atoms with Crippen LogP contribution in [0, 0.1) is 12.7 Å². The molecule has 2 rings (SSSR count). The summed E-state index contributed by atoms with van der Waals surface area (Å²) in [5, 5.41) is 2.01. The van der Waals surface area contributed by atoms with Crippen molar-refractivity contribution < 1.29 is 4.39 Å². The van der Waals surface area contributed by atoms with Gasteiger partial charge in [0, 0.05) is 0 Å². The van der Waals surface area contributed by atoms with E-state index >= 15 is 0 Å². The lowest BCUT2D eigenvalue weighted by Crippen LogP contribution is -2.11. The first-order valence-corrected chi connectivity index (χ1v) is 6.51. The number of nitrogens with two attached hydrogens (primary N) is 1. The molecule has 4 heteroatoms. The van der Waals surface area contributed by atoms with Crippen LogP contribution < -0.4 is 5.73 Å². The number of hydrogen-bond acceptors (Lipinski definition) is 2. The molecule has 0 saturated heterocycles. The molecule has 0 aliphatic carbocycles. The van der Waals surface area contributed by atoms with Crippen LogP contribution in [0.15, 0.2) is 33.4 Å². The molecule has 1 aromatic heterocycles. The van der Waals surface area contributed by atoms with Gasteiger partial charge in [0.05, 0.1) is 9.83 Å². The summed E-state index contributed by atoms with van der Waals surface area (Å²) in [5.74, 6) is -0.192. The van der Waals surface area contributed by atoms with Crippen molar-refractivity contribution in [2.45, 2.75) is 13.0 Å². The lowest BCUT2D eigenvalue weighted by atomic mass is 10.0. The van der Waals surface area contributed by atoms with Crippen LogP contribution in [0.5, 0.6) is 0 Å². The topological polar surface area (TPSA) is 26.0 Å². The molecule has 0 bridgehead atoms. The summed E-state index contributed by atoms with van der Waals surface area (Å²) in [6, 6.07) is 6.80. The second kappa shape index (κ2) is 4.65. The van der Waals surface area contributed by atoms with E-state index in [0.717, 1.165) is 14.9 Å². The molecule has 1 unspecified atom stereocenters. The summed E-state index contributed by atoms with van der Waals surface area (Å²) in [7, 11) is 0. The first kappa shape index (κ1) is 11.8. The Morgan fingerprint density at radius 3 is 2.62 bits per heavy atom. The Bertz CT molecular complexity index is 509. The molecule has 0 amide bonds. The van der Waals surface area contributed by atoms with Crippen molar-refractivity contribution in [3.05, 3.63) is 55.9 Å². The summed E-state index contributed by atoms with van der Waals surface area (Å²) in [4.78, 5) is 0. The number of hydrogen-bond donors (Lipinski definition) is 1. The largest absolute Gasteiger partial charge is 0.320 e. The van der Waals surface area contributed by atoms with Crippen LogP contribution in [0.1, 0.15) is 22.7 Å². The Hall–Kier alpha value is -0.710. The molecule has 16 heavy (non-hydrogen) atoms. The Labute approximate surface area is 106 Å². The van der Waals surface area contributed by atoms with Crippen LogP contribution in [0.4, 0.5) is 4.39 Å². The van der Waals surface area contributed by atoms with Gasteiger partial charge in [-0.15, -0.1) is 11.3 Å². The van der Waals surface area contributed by atoms with Crippen molar-refractivity contribution in [2.24, 2.45) is 5.73 Å². The van der Waals surface area contributed by atoms with Crippen LogP contribution in [0.25, 0.3) is 0 Å². The highest BCUT2D eigenvalue weighted by atomic mass is 79.9. The molecule has 0 spiro atoms. The maximum Gasteiger partial charge on any atom is 0.126 e. The van der Waals surface area contributed by atoms with Gasteiger partial charge in [-0.2, -0.15) is 0 Å². The van der Waals surface area contributed by atoms with Crippen molar-refractivity contribution in [3.63, 3.8) is 0 Å². The monoisotopic (exact) mass is 299 g/mol. The first-order valence-electron chi connectivity index (χ1n) is 4.83. The minimum atomic E-state index is -0.193. The van der Waals surface area contributed by atoms with Crippen molar-refractivity contribution in [2.75, 3.05) is 0 Å². The van der Waals surface area contributed by atoms with Crippen LogP contribution >= 0.6 is 27.3 Å². The van der Waals surface area contributed by atoms with Crippen molar-refractivity contribution in [1.29, 1.82) is 0 Å². The molecule has 1 atom stereocenters. The Kier molecular flexibility index (Phi) is 3.42. The fourth-order valence-corrected chi connectivity index (χ4v) is 2.75. The highest BCUT2D eigenvalue weighted by Gasteiger charge is 2.11. The van der Waals surface area contributed by atoms with Gasteiger partial charge >= 0.3 is 0 Å². The van der Waals surface area contributed by atoms with Crippen LogP contribution in [-0.4, -0.2) is 0 Å². The van der Waals surface area contributed by atoms with E-state index in [-0.39, 0.29) is 11.9 Å². The number of benzene rings is 1. The average molecular weight is 300 g/mol. The lowest BCUT2D eigenvalue weighted by Gasteiger charge is -2.11. The Balaban J connectivity index is 2.33. The first-order chi connectivity index (χ1) is 7.58. The zero-order valence-corrected chi connectivity index (χ0v) is 11.1. The van der Waals surface area contributed by atoms with Crippen molar-refractivity contribution >= 4 is 27.3 Å². The zero-order chi connectivity index (χ0) is 11.7. The minimum absolute atomic E-state index is 0.192. The van der Waals surface area contributed by atoms with Gasteiger partial charge in [-0.25, -0.2) is 4.39 Å². The normalized spacial score (nSPS) is 12.8. The Morgan fingerprint density at radius 2 is 2.06 bits per heavy atom. The van der Waals surface area contributed by atoms with Gasteiger partial charge in [0.25, 0.3) is 0 Å². The van der Waals surface area contributed by atoms with E-state index in [4.69, 9.17) is 5.73 Å². The number of thiophene rings is 1. The second-order valence-corrected chi connectivity index (χ2v) is 5.96. The quantitative estimate of drug-likeness (QED) is 0.891. The van der Waals surface area contributed by atoms with Gasteiger partial charge in [0.15, 0.2) is 0 Å². The van der Waals surface area contributed by atoms with Gasteiger partial charge in [-0.3, -0.25) is 0 Å². The third kappa shape index (κ3) is 2.34. The van der Waals surface area contributed by atoms with Crippen LogP contribution in [0.3, 0.4) is 0 Å². The number of rotatable bonds is 2. The molecule has 1 nitrogen and oxygen atoms in total. The average Bonchev–Trinajstić information content (AvgIpc) is 2.68. The van der Waals surface area contributed by atoms with Crippen molar-refractivity contribution in [3.8, 4) is 0 Å².